The van der Waals surface area contributed by atoms with E-state index in [0.717, 1.165) is 0 Å². The third kappa shape index (κ3) is 5.46. The summed E-state index contributed by atoms with van der Waals surface area (Å²) < 4.78 is 30.2. The molecule has 2 aromatic rings. The van der Waals surface area contributed by atoms with E-state index in [1.54, 1.807) is 13.0 Å². The highest BCUT2D eigenvalue weighted by molar-refractivity contribution is 6.06. The van der Waals surface area contributed by atoms with Crippen molar-refractivity contribution in [2.24, 2.45) is 11.3 Å². The molecule has 1 aliphatic carbocycles. The average Bonchev–Trinajstić information content (AvgIpc) is 3.32. The zero-order valence-electron chi connectivity index (χ0n) is 20.6. The molecule has 3 amide bonds. The van der Waals surface area contributed by atoms with Gasteiger partial charge in [-0.05, 0) is 43.6 Å². The summed E-state index contributed by atoms with van der Waals surface area (Å²) in [7, 11) is 0. The van der Waals surface area contributed by atoms with Crippen molar-refractivity contribution in [1.29, 1.82) is 0 Å². The van der Waals surface area contributed by atoms with Gasteiger partial charge in [0, 0.05) is 30.9 Å². The van der Waals surface area contributed by atoms with Crippen LogP contribution in [0.25, 0.3) is 10.9 Å². The smallest absolute Gasteiger partial charge is 0.273 e. The third-order valence-corrected chi connectivity index (χ3v) is 6.81. The van der Waals surface area contributed by atoms with Crippen LogP contribution < -0.4 is 16.0 Å². The molecule has 35 heavy (non-hydrogen) atoms. The summed E-state index contributed by atoms with van der Waals surface area (Å²) in [6.45, 7) is 7.61. The number of amides is 3. The Morgan fingerprint density at radius 1 is 1.31 bits per heavy atom. The number of para-hydroxylation sites is 1. The molecule has 190 valence electrons. The van der Waals surface area contributed by atoms with Gasteiger partial charge in [-0.2, -0.15) is 5.10 Å². The Kier molecular flexibility index (Phi) is 6.59. The van der Waals surface area contributed by atoms with E-state index in [2.05, 4.69) is 21.0 Å². The number of carbonyl (C=O) groups is 3. The van der Waals surface area contributed by atoms with Gasteiger partial charge in [-0.15, -0.1) is 0 Å². The number of halogens is 2. The van der Waals surface area contributed by atoms with Crippen molar-refractivity contribution in [1.82, 2.24) is 25.7 Å². The van der Waals surface area contributed by atoms with Gasteiger partial charge in [-0.25, -0.2) is 8.78 Å². The summed E-state index contributed by atoms with van der Waals surface area (Å²) >= 11 is 0. The molecule has 2 unspecified atom stereocenters. The van der Waals surface area contributed by atoms with E-state index in [1.807, 2.05) is 20.8 Å². The van der Waals surface area contributed by atoms with Gasteiger partial charge >= 0.3 is 0 Å². The van der Waals surface area contributed by atoms with Gasteiger partial charge in [0.1, 0.15) is 23.0 Å². The maximum Gasteiger partial charge on any atom is 0.273 e. The van der Waals surface area contributed by atoms with Gasteiger partial charge in [-0.3, -0.25) is 19.1 Å². The van der Waals surface area contributed by atoms with E-state index in [9.17, 15) is 23.2 Å². The Hall–Kier alpha value is -3.04. The van der Waals surface area contributed by atoms with Gasteiger partial charge < -0.3 is 16.0 Å². The van der Waals surface area contributed by atoms with Crippen molar-refractivity contribution < 1.29 is 23.2 Å². The number of fused-ring (bicyclic) bond motifs is 1. The molecule has 2 fully saturated rings. The fraction of sp³-hybridized carbons (Fsp3) is 0.600. The first-order valence-corrected chi connectivity index (χ1v) is 12.1. The van der Waals surface area contributed by atoms with Crippen molar-refractivity contribution in [3.05, 3.63) is 29.7 Å². The SMILES string of the molecule is CC1(F)CC(Cn2nc(C(=O)NC(C(=O)NCC3CCC(=O)N3)C(C)(C)C)c3cccc(F)c32)C1. The quantitative estimate of drug-likeness (QED) is 0.556. The molecule has 0 radical (unpaired) electrons. The van der Waals surface area contributed by atoms with Crippen molar-refractivity contribution in [3.8, 4) is 0 Å². The molecule has 1 aromatic carbocycles. The van der Waals surface area contributed by atoms with Gasteiger partial charge in [0.05, 0.1) is 0 Å². The minimum Gasteiger partial charge on any atom is -0.352 e. The molecule has 10 heteroatoms. The lowest BCUT2D eigenvalue weighted by Crippen LogP contribution is -2.55. The van der Waals surface area contributed by atoms with Crippen LogP contribution in [0.1, 0.15) is 63.9 Å². The summed E-state index contributed by atoms with van der Waals surface area (Å²) in [6.07, 6.45) is 1.79. The fourth-order valence-corrected chi connectivity index (χ4v) is 5.04. The van der Waals surface area contributed by atoms with Crippen LogP contribution in [0.2, 0.25) is 0 Å². The number of nitrogens with zero attached hydrogens (tertiary/aromatic N) is 2. The minimum absolute atomic E-state index is 0.00722. The highest BCUT2D eigenvalue weighted by atomic mass is 19.1. The molecule has 8 nitrogen and oxygen atoms in total. The molecule has 1 saturated heterocycles. The molecule has 1 saturated carbocycles. The normalized spacial score (nSPS) is 25.1. The average molecular weight is 490 g/mol. The van der Waals surface area contributed by atoms with Gasteiger partial charge in [-0.1, -0.05) is 32.9 Å². The Labute approximate surface area is 203 Å². The summed E-state index contributed by atoms with van der Waals surface area (Å²) in [5.74, 6) is -1.52. The Bertz CT molecular complexity index is 1150. The Balaban J connectivity index is 1.53. The molecule has 0 spiro atoms. The van der Waals surface area contributed by atoms with Crippen LogP contribution in [0.3, 0.4) is 0 Å². The second-order valence-corrected chi connectivity index (χ2v) is 11.2. The lowest BCUT2D eigenvalue weighted by molar-refractivity contribution is -0.125. The van der Waals surface area contributed by atoms with Crippen molar-refractivity contribution in [2.45, 2.75) is 77.7 Å². The summed E-state index contributed by atoms with van der Waals surface area (Å²) in [5, 5.41) is 13.1. The topological polar surface area (TPSA) is 105 Å². The number of aromatic nitrogens is 2. The number of alkyl halides is 1. The van der Waals surface area contributed by atoms with Gasteiger partial charge in [0.2, 0.25) is 11.8 Å². The first-order chi connectivity index (χ1) is 16.3. The molecule has 2 atom stereocenters. The number of hydrogen-bond donors (Lipinski definition) is 3. The molecule has 1 aliphatic heterocycles. The van der Waals surface area contributed by atoms with Crippen LogP contribution in [-0.4, -0.2) is 51.8 Å². The molecule has 2 aliphatic rings. The monoisotopic (exact) mass is 489 g/mol. The maximum atomic E-state index is 14.7. The largest absolute Gasteiger partial charge is 0.352 e. The van der Waals surface area contributed by atoms with Crippen LogP contribution in [-0.2, 0) is 16.1 Å². The van der Waals surface area contributed by atoms with Crippen LogP contribution in [0, 0.1) is 17.2 Å². The highest BCUT2D eigenvalue weighted by Crippen LogP contribution is 2.42. The van der Waals surface area contributed by atoms with Crippen molar-refractivity contribution in [2.75, 3.05) is 6.54 Å². The number of rotatable bonds is 7. The lowest BCUT2D eigenvalue weighted by atomic mass is 9.73. The molecular formula is C25H33F2N5O3. The number of carbonyl (C=O) groups excluding carboxylic acids is 3. The molecular weight excluding hydrogens is 456 g/mol. The second kappa shape index (κ2) is 9.20. The minimum atomic E-state index is -1.22. The molecule has 2 heterocycles. The number of nitrogens with one attached hydrogen (secondary N) is 3. The first-order valence-electron chi connectivity index (χ1n) is 12.1. The van der Waals surface area contributed by atoms with E-state index in [0.29, 0.717) is 37.6 Å². The van der Waals surface area contributed by atoms with E-state index >= 15 is 0 Å². The zero-order chi connectivity index (χ0) is 25.5. The lowest BCUT2D eigenvalue weighted by Gasteiger charge is -2.38. The molecule has 0 bridgehead atoms. The van der Waals surface area contributed by atoms with E-state index in [4.69, 9.17) is 0 Å². The first kappa shape index (κ1) is 25.1. The predicted molar refractivity (Wildman–Crippen MR) is 127 cm³/mol. The summed E-state index contributed by atoms with van der Waals surface area (Å²) in [5.41, 5.74) is -1.63. The number of benzene rings is 1. The summed E-state index contributed by atoms with van der Waals surface area (Å²) in [6, 6.07) is 3.40. The van der Waals surface area contributed by atoms with Crippen LogP contribution >= 0.6 is 0 Å². The standard InChI is InChI=1S/C25H33F2N5O3/c1-24(2,3)21(23(35)28-12-15-8-9-18(33)29-15)30-22(34)19-16-6-5-7-17(26)20(16)32(31-19)13-14-10-25(4,27)11-14/h5-7,14-15,21H,8-13H2,1-4H3,(H,28,35)(H,29,33)(H,30,34). The van der Waals surface area contributed by atoms with Gasteiger partial charge in [0.25, 0.3) is 5.91 Å². The Morgan fingerprint density at radius 3 is 2.63 bits per heavy atom. The Morgan fingerprint density at radius 2 is 2.03 bits per heavy atom. The van der Waals surface area contributed by atoms with E-state index < -0.39 is 28.8 Å². The van der Waals surface area contributed by atoms with Gasteiger partial charge in [0.15, 0.2) is 5.69 Å². The van der Waals surface area contributed by atoms with Crippen molar-refractivity contribution in [3.63, 3.8) is 0 Å². The zero-order valence-corrected chi connectivity index (χ0v) is 20.6. The van der Waals surface area contributed by atoms with Crippen LogP contribution in [0.4, 0.5) is 8.78 Å². The van der Waals surface area contributed by atoms with Crippen LogP contribution in [0.5, 0.6) is 0 Å². The molecule has 4 rings (SSSR count). The fourth-order valence-electron chi connectivity index (χ4n) is 5.04. The molecule has 3 N–H and O–H groups in total. The maximum absolute atomic E-state index is 14.7. The third-order valence-electron chi connectivity index (χ3n) is 6.81. The molecule has 1 aromatic heterocycles. The number of hydrogen-bond acceptors (Lipinski definition) is 4. The highest BCUT2D eigenvalue weighted by Gasteiger charge is 2.41. The van der Waals surface area contributed by atoms with Crippen LogP contribution in [0.15, 0.2) is 18.2 Å². The summed E-state index contributed by atoms with van der Waals surface area (Å²) in [4.78, 5) is 37.7. The second-order valence-electron chi connectivity index (χ2n) is 11.2. The van der Waals surface area contributed by atoms with Crippen molar-refractivity contribution >= 4 is 28.6 Å². The van der Waals surface area contributed by atoms with E-state index in [-0.39, 0.29) is 41.5 Å². The predicted octanol–water partition coefficient (Wildman–Crippen LogP) is 2.85. The van der Waals surface area contributed by atoms with E-state index in [1.165, 1.54) is 16.8 Å².